The van der Waals surface area contributed by atoms with Crippen molar-refractivity contribution in [2.45, 2.75) is 18.4 Å². The van der Waals surface area contributed by atoms with Crippen LogP contribution in [0.15, 0.2) is 0 Å². The van der Waals surface area contributed by atoms with Crippen LogP contribution in [0, 0.1) is 11.8 Å². The van der Waals surface area contributed by atoms with Crippen LogP contribution in [0.4, 0.5) is 4.79 Å². The normalized spacial score (nSPS) is 44.6. The van der Waals surface area contributed by atoms with Crippen LogP contribution in [0.1, 0.15) is 12.8 Å². The summed E-state index contributed by atoms with van der Waals surface area (Å²) in [6, 6.07) is -0.324. The van der Waals surface area contributed by atoms with Gasteiger partial charge < -0.3 is 10.2 Å². The molecule has 5 nitrogen and oxygen atoms in total. The molecule has 2 N–H and O–H groups in total. The number of urea groups is 1. The van der Waals surface area contributed by atoms with Crippen molar-refractivity contribution in [3.05, 3.63) is 0 Å². The van der Waals surface area contributed by atoms with Gasteiger partial charge in [0.15, 0.2) is 0 Å². The van der Waals surface area contributed by atoms with E-state index in [1.165, 1.54) is 0 Å². The van der Waals surface area contributed by atoms with E-state index in [9.17, 15) is 9.59 Å². The molecule has 3 fully saturated rings. The molecule has 0 aromatic heterocycles. The number of piperidine rings is 1. The molecule has 3 atom stereocenters. The molecule has 0 aromatic carbocycles. The highest BCUT2D eigenvalue weighted by Gasteiger charge is 2.58. The van der Waals surface area contributed by atoms with Crippen LogP contribution in [0.25, 0.3) is 0 Å². The maximum Gasteiger partial charge on any atom is 0.322 e. The minimum atomic E-state index is -0.591. The SMILES string of the molecule is CN1CC2CC(C1)C1(C2)NC(=O)NC1=O. The van der Waals surface area contributed by atoms with Crippen molar-refractivity contribution in [1.82, 2.24) is 15.5 Å². The van der Waals surface area contributed by atoms with Crippen molar-refractivity contribution in [2.24, 2.45) is 11.8 Å². The monoisotopic (exact) mass is 209 g/mol. The lowest BCUT2D eigenvalue weighted by molar-refractivity contribution is -0.125. The van der Waals surface area contributed by atoms with Crippen molar-refractivity contribution in [3.8, 4) is 0 Å². The Morgan fingerprint density at radius 1 is 1.40 bits per heavy atom. The number of imide groups is 1. The van der Waals surface area contributed by atoms with E-state index >= 15 is 0 Å². The topological polar surface area (TPSA) is 61.4 Å². The van der Waals surface area contributed by atoms with E-state index in [4.69, 9.17) is 0 Å². The standard InChI is InChI=1S/C10H15N3O2/c1-13-4-6-2-7(5-13)10(3-6)8(14)11-9(15)12-10/h6-7H,2-5H2,1H3,(H2,11,12,14,15). The molecule has 82 valence electrons. The molecular formula is C10H15N3O2. The van der Waals surface area contributed by atoms with Gasteiger partial charge in [-0.25, -0.2) is 4.79 Å². The Morgan fingerprint density at radius 3 is 2.87 bits per heavy atom. The predicted molar refractivity (Wildman–Crippen MR) is 53.1 cm³/mol. The van der Waals surface area contributed by atoms with Crippen molar-refractivity contribution in [3.63, 3.8) is 0 Å². The predicted octanol–water partition coefficient (Wildman–Crippen LogP) is -0.464. The largest absolute Gasteiger partial charge is 0.323 e. The average Bonchev–Trinajstić information content (AvgIpc) is 2.53. The Balaban J connectivity index is 1.94. The zero-order chi connectivity index (χ0) is 10.6. The van der Waals surface area contributed by atoms with Gasteiger partial charge in [-0.05, 0) is 25.8 Å². The number of fused-ring (bicyclic) bond motifs is 3. The molecule has 1 spiro atoms. The molecule has 0 radical (unpaired) electrons. The van der Waals surface area contributed by atoms with Crippen molar-refractivity contribution >= 4 is 11.9 Å². The van der Waals surface area contributed by atoms with Crippen LogP contribution < -0.4 is 10.6 Å². The number of carbonyl (C=O) groups excluding carboxylic acids is 2. The zero-order valence-electron chi connectivity index (χ0n) is 8.75. The summed E-state index contributed by atoms with van der Waals surface area (Å²) in [6.45, 7) is 1.95. The summed E-state index contributed by atoms with van der Waals surface area (Å²) < 4.78 is 0. The second-order valence-corrected chi connectivity index (χ2v) is 5.10. The molecule has 3 aliphatic rings. The Bertz CT molecular complexity index is 344. The molecule has 1 aliphatic carbocycles. The summed E-state index contributed by atoms with van der Waals surface area (Å²) in [4.78, 5) is 25.3. The molecule has 3 unspecified atom stereocenters. The van der Waals surface area contributed by atoms with Gasteiger partial charge >= 0.3 is 6.03 Å². The van der Waals surface area contributed by atoms with Gasteiger partial charge in [0, 0.05) is 19.0 Å². The van der Waals surface area contributed by atoms with Crippen molar-refractivity contribution < 1.29 is 9.59 Å². The summed E-state index contributed by atoms with van der Waals surface area (Å²) in [5.74, 6) is 0.723. The van der Waals surface area contributed by atoms with Crippen molar-refractivity contribution in [1.29, 1.82) is 0 Å². The average molecular weight is 209 g/mol. The number of hydrogen-bond donors (Lipinski definition) is 2. The van der Waals surface area contributed by atoms with Crippen LogP contribution in [0.3, 0.4) is 0 Å². The molecule has 2 heterocycles. The molecule has 1 saturated carbocycles. The van der Waals surface area contributed by atoms with Gasteiger partial charge in [-0.2, -0.15) is 0 Å². The van der Waals surface area contributed by atoms with Gasteiger partial charge in [0.25, 0.3) is 5.91 Å². The lowest BCUT2D eigenvalue weighted by Crippen LogP contribution is -2.52. The Kier molecular flexibility index (Phi) is 1.66. The second-order valence-electron chi connectivity index (χ2n) is 5.10. The van der Waals surface area contributed by atoms with Crippen LogP contribution in [0.2, 0.25) is 0 Å². The number of nitrogens with one attached hydrogen (secondary N) is 2. The second kappa shape index (κ2) is 2.72. The van der Waals surface area contributed by atoms with E-state index in [0.29, 0.717) is 5.92 Å². The quantitative estimate of drug-likeness (QED) is 0.530. The van der Waals surface area contributed by atoms with Crippen LogP contribution in [-0.4, -0.2) is 42.5 Å². The maximum absolute atomic E-state index is 11.8. The number of carbonyl (C=O) groups is 2. The number of nitrogens with zero attached hydrogens (tertiary/aromatic N) is 1. The third kappa shape index (κ3) is 1.13. The summed E-state index contributed by atoms with van der Waals surface area (Å²) in [5, 5.41) is 5.21. The third-order valence-electron chi connectivity index (χ3n) is 4.00. The van der Waals surface area contributed by atoms with E-state index in [2.05, 4.69) is 22.6 Å². The lowest BCUT2D eigenvalue weighted by atomic mass is 9.87. The Hall–Kier alpha value is -1.10. The molecule has 2 aliphatic heterocycles. The van der Waals surface area contributed by atoms with E-state index < -0.39 is 5.54 Å². The van der Waals surface area contributed by atoms with E-state index in [-0.39, 0.29) is 17.9 Å². The first-order valence-corrected chi connectivity index (χ1v) is 5.42. The van der Waals surface area contributed by atoms with Crippen LogP contribution in [-0.2, 0) is 4.79 Å². The molecule has 2 saturated heterocycles. The smallest absolute Gasteiger partial charge is 0.322 e. The Morgan fingerprint density at radius 2 is 2.20 bits per heavy atom. The van der Waals surface area contributed by atoms with Crippen LogP contribution >= 0.6 is 0 Å². The summed E-state index contributed by atoms with van der Waals surface area (Å²) in [5.41, 5.74) is -0.591. The summed E-state index contributed by atoms with van der Waals surface area (Å²) >= 11 is 0. The molecule has 0 aromatic rings. The highest BCUT2D eigenvalue weighted by Crippen LogP contribution is 2.44. The van der Waals surface area contributed by atoms with Gasteiger partial charge in [0.05, 0.1) is 0 Å². The fourth-order valence-electron chi connectivity index (χ4n) is 3.51. The van der Waals surface area contributed by atoms with Gasteiger partial charge in [0.2, 0.25) is 0 Å². The highest BCUT2D eigenvalue weighted by atomic mass is 16.2. The minimum absolute atomic E-state index is 0.115. The Labute approximate surface area is 88.2 Å². The van der Waals surface area contributed by atoms with Crippen molar-refractivity contribution in [2.75, 3.05) is 20.1 Å². The number of likely N-dealkylation sites (tertiary alicyclic amines) is 1. The first kappa shape index (κ1) is 9.15. The lowest BCUT2D eigenvalue weighted by Gasteiger charge is -2.32. The molecule has 3 amide bonds. The van der Waals surface area contributed by atoms with E-state index in [1.807, 2.05) is 0 Å². The molecule has 2 bridgehead atoms. The first-order valence-electron chi connectivity index (χ1n) is 5.42. The van der Waals surface area contributed by atoms with Gasteiger partial charge in [0.1, 0.15) is 5.54 Å². The molecule has 5 heteroatoms. The third-order valence-corrected chi connectivity index (χ3v) is 4.00. The highest BCUT2D eigenvalue weighted by molar-refractivity contribution is 6.07. The molecule has 15 heavy (non-hydrogen) atoms. The van der Waals surface area contributed by atoms with Gasteiger partial charge in [-0.1, -0.05) is 0 Å². The fourth-order valence-corrected chi connectivity index (χ4v) is 3.51. The molecular weight excluding hydrogens is 194 g/mol. The minimum Gasteiger partial charge on any atom is -0.323 e. The summed E-state index contributed by atoms with van der Waals surface area (Å²) in [7, 11) is 2.08. The van der Waals surface area contributed by atoms with Crippen LogP contribution in [0.5, 0.6) is 0 Å². The first-order chi connectivity index (χ1) is 7.10. The zero-order valence-corrected chi connectivity index (χ0v) is 8.75. The number of amides is 3. The molecule has 3 rings (SSSR count). The van der Waals surface area contributed by atoms with E-state index in [0.717, 1.165) is 25.9 Å². The number of hydrogen-bond acceptors (Lipinski definition) is 3. The van der Waals surface area contributed by atoms with Gasteiger partial charge in [-0.15, -0.1) is 0 Å². The van der Waals surface area contributed by atoms with Gasteiger partial charge in [-0.3, -0.25) is 10.1 Å². The maximum atomic E-state index is 11.8. The summed E-state index contributed by atoms with van der Waals surface area (Å²) in [6.07, 6.45) is 1.87. The number of rotatable bonds is 0. The fraction of sp³-hybridized carbons (Fsp3) is 0.800. The van der Waals surface area contributed by atoms with E-state index in [1.54, 1.807) is 0 Å².